The zero-order valence-corrected chi connectivity index (χ0v) is 11.5. The van der Waals surface area contributed by atoms with Gasteiger partial charge in [-0.25, -0.2) is 9.97 Å². The smallest absolute Gasteiger partial charge is 0.245 e. The summed E-state index contributed by atoms with van der Waals surface area (Å²) in [5, 5.41) is 29.7. The molecule has 0 saturated carbocycles. The summed E-state index contributed by atoms with van der Waals surface area (Å²) in [7, 11) is 1.47. The first-order valence-electron chi connectivity index (χ1n) is 6.39. The Morgan fingerprint density at radius 3 is 2.81 bits per heavy atom. The standard InChI is InChI=1S/C12H16N4O5/c1-12(19)8(18)6(3-17)21-11(12)16-5-15-7-9(16)13-4-14-10(7)20-2/h4-6,8,11,17-19H,3H2,1-2H3/t6-,8-,11?,12-/m1/s1. The van der Waals surface area contributed by atoms with Crippen molar-refractivity contribution in [3.63, 3.8) is 0 Å². The van der Waals surface area contributed by atoms with Gasteiger partial charge >= 0.3 is 0 Å². The van der Waals surface area contributed by atoms with E-state index in [1.165, 1.54) is 31.3 Å². The van der Waals surface area contributed by atoms with Crippen LogP contribution in [0.1, 0.15) is 13.2 Å². The number of methoxy groups -OCH3 is 1. The topological polar surface area (TPSA) is 123 Å². The molecule has 1 unspecified atom stereocenters. The van der Waals surface area contributed by atoms with Crippen LogP contribution in [-0.2, 0) is 4.74 Å². The number of aromatic nitrogens is 4. The summed E-state index contributed by atoms with van der Waals surface area (Å²) in [6.45, 7) is 1.03. The number of nitrogens with zero attached hydrogens (tertiary/aromatic N) is 4. The number of hydrogen-bond acceptors (Lipinski definition) is 8. The fraction of sp³-hybridized carbons (Fsp3) is 0.583. The van der Waals surface area contributed by atoms with Gasteiger partial charge in [-0.3, -0.25) is 4.57 Å². The van der Waals surface area contributed by atoms with Gasteiger partial charge in [-0.1, -0.05) is 0 Å². The van der Waals surface area contributed by atoms with Crippen LogP contribution in [0.4, 0.5) is 0 Å². The van der Waals surface area contributed by atoms with E-state index in [0.29, 0.717) is 17.0 Å². The summed E-state index contributed by atoms with van der Waals surface area (Å²) in [6, 6.07) is 0. The van der Waals surface area contributed by atoms with Crippen molar-refractivity contribution in [1.29, 1.82) is 0 Å². The molecule has 2 aromatic heterocycles. The monoisotopic (exact) mass is 296 g/mol. The quantitative estimate of drug-likeness (QED) is 0.648. The van der Waals surface area contributed by atoms with Crippen molar-refractivity contribution in [1.82, 2.24) is 19.5 Å². The van der Waals surface area contributed by atoms with Gasteiger partial charge in [0.05, 0.1) is 20.0 Å². The molecule has 0 bridgehead atoms. The molecule has 0 aromatic carbocycles. The molecule has 9 nitrogen and oxygen atoms in total. The van der Waals surface area contributed by atoms with Crippen LogP contribution in [-0.4, -0.2) is 66.4 Å². The SMILES string of the molecule is COc1ncnc2c1ncn2C1O[C@H](CO)[C@@H](O)[C@@]1(C)O. The Labute approximate surface area is 119 Å². The highest BCUT2D eigenvalue weighted by Gasteiger charge is 2.53. The zero-order valence-electron chi connectivity index (χ0n) is 11.5. The largest absolute Gasteiger partial charge is 0.479 e. The van der Waals surface area contributed by atoms with Crippen molar-refractivity contribution in [2.24, 2.45) is 0 Å². The highest BCUT2D eigenvalue weighted by atomic mass is 16.6. The molecule has 114 valence electrons. The summed E-state index contributed by atoms with van der Waals surface area (Å²) in [6.07, 6.45) is -0.315. The number of aliphatic hydroxyl groups excluding tert-OH is 2. The minimum absolute atomic E-state index is 0.302. The van der Waals surface area contributed by atoms with E-state index in [1.807, 2.05) is 0 Å². The van der Waals surface area contributed by atoms with Gasteiger partial charge in [-0.15, -0.1) is 0 Å². The van der Waals surface area contributed by atoms with E-state index in [9.17, 15) is 15.3 Å². The van der Waals surface area contributed by atoms with Crippen LogP contribution in [0.2, 0.25) is 0 Å². The molecule has 3 N–H and O–H groups in total. The van der Waals surface area contributed by atoms with Crippen LogP contribution < -0.4 is 4.74 Å². The molecule has 1 fully saturated rings. The predicted octanol–water partition coefficient (Wildman–Crippen LogP) is -1.16. The van der Waals surface area contributed by atoms with Gasteiger partial charge in [-0.05, 0) is 6.92 Å². The third-order valence-corrected chi connectivity index (χ3v) is 3.71. The van der Waals surface area contributed by atoms with E-state index >= 15 is 0 Å². The molecule has 4 atom stereocenters. The summed E-state index contributed by atoms with van der Waals surface area (Å²) < 4.78 is 12.1. The van der Waals surface area contributed by atoms with Gasteiger partial charge in [0.15, 0.2) is 17.4 Å². The van der Waals surface area contributed by atoms with Crippen LogP contribution in [0.25, 0.3) is 11.2 Å². The fourth-order valence-electron chi connectivity index (χ4n) is 2.54. The van der Waals surface area contributed by atoms with Crippen LogP contribution in [0.3, 0.4) is 0 Å². The Morgan fingerprint density at radius 2 is 2.19 bits per heavy atom. The molecule has 0 radical (unpaired) electrons. The van der Waals surface area contributed by atoms with Gasteiger partial charge in [-0.2, -0.15) is 4.98 Å². The molecular weight excluding hydrogens is 280 g/mol. The Hall–Kier alpha value is -1.81. The first-order chi connectivity index (χ1) is 10.0. The van der Waals surface area contributed by atoms with Gasteiger partial charge < -0.3 is 24.8 Å². The molecule has 1 aliphatic heterocycles. The third kappa shape index (κ3) is 1.97. The molecule has 1 aliphatic rings. The lowest BCUT2D eigenvalue weighted by Gasteiger charge is -2.27. The maximum absolute atomic E-state index is 10.5. The summed E-state index contributed by atoms with van der Waals surface area (Å²) >= 11 is 0. The Balaban J connectivity index is 2.09. The average molecular weight is 296 g/mol. The molecule has 3 rings (SSSR count). The summed E-state index contributed by atoms with van der Waals surface area (Å²) in [5.74, 6) is 0.302. The molecule has 0 spiro atoms. The van der Waals surface area contributed by atoms with E-state index in [2.05, 4.69) is 15.0 Å². The van der Waals surface area contributed by atoms with Crippen LogP contribution in [0.5, 0.6) is 5.88 Å². The second-order valence-corrected chi connectivity index (χ2v) is 5.09. The first kappa shape index (κ1) is 14.1. The van der Waals surface area contributed by atoms with E-state index in [-0.39, 0.29) is 0 Å². The predicted molar refractivity (Wildman–Crippen MR) is 69.5 cm³/mol. The first-order valence-corrected chi connectivity index (χ1v) is 6.39. The van der Waals surface area contributed by atoms with Crippen LogP contribution >= 0.6 is 0 Å². The fourth-order valence-corrected chi connectivity index (χ4v) is 2.54. The molecular formula is C12H16N4O5. The highest BCUT2D eigenvalue weighted by molar-refractivity contribution is 5.76. The molecule has 21 heavy (non-hydrogen) atoms. The minimum atomic E-state index is -1.60. The normalized spacial score (nSPS) is 32.7. The number of ether oxygens (including phenoxy) is 2. The lowest BCUT2D eigenvalue weighted by molar-refractivity contribution is -0.0950. The minimum Gasteiger partial charge on any atom is -0.479 e. The lowest BCUT2D eigenvalue weighted by atomic mass is 9.96. The van der Waals surface area contributed by atoms with E-state index < -0.39 is 30.6 Å². The Kier molecular flexibility index (Phi) is 3.29. The molecule has 1 saturated heterocycles. The van der Waals surface area contributed by atoms with Crippen molar-refractivity contribution in [2.75, 3.05) is 13.7 Å². The van der Waals surface area contributed by atoms with E-state index in [0.717, 1.165) is 0 Å². The second-order valence-electron chi connectivity index (χ2n) is 5.09. The molecule has 9 heteroatoms. The van der Waals surface area contributed by atoms with Crippen molar-refractivity contribution in [2.45, 2.75) is 31.0 Å². The Bertz CT molecular complexity index is 658. The van der Waals surface area contributed by atoms with Crippen molar-refractivity contribution >= 4 is 11.2 Å². The summed E-state index contributed by atoms with van der Waals surface area (Å²) in [5.41, 5.74) is -0.779. The van der Waals surface area contributed by atoms with Gasteiger partial charge in [0.25, 0.3) is 0 Å². The van der Waals surface area contributed by atoms with Crippen molar-refractivity contribution < 1.29 is 24.8 Å². The average Bonchev–Trinajstić information content (AvgIpc) is 2.99. The van der Waals surface area contributed by atoms with Crippen molar-refractivity contribution in [3.05, 3.63) is 12.7 Å². The van der Waals surface area contributed by atoms with Crippen molar-refractivity contribution in [3.8, 4) is 5.88 Å². The molecule has 3 heterocycles. The second kappa shape index (κ2) is 4.88. The van der Waals surface area contributed by atoms with Crippen LogP contribution in [0, 0.1) is 0 Å². The molecule has 0 aliphatic carbocycles. The number of rotatable bonds is 3. The number of aliphatic hydroxyl groups is 3. The summed E-state index contributed by atoms with van der Waals surface area (Å²) in [4.78, 5) is 12.2. The lowest BCUT2D eigenvalue weighted by Crippen LogP contribution is -2.44. The Morgan fingerprint density at radius 1 is 1.43 bits per heavy atom. The highest BCUT2D eigenvalue weighted by Crippen LogP contribution is 2.39. The maximum Gasteiger partial charge on any atom is 0.245 e. The van der Waals surface area contributed by atoms with Crippen LogP contribution in [0.15, 0.2) is 12.7 Å². The number of hydrogen-bond donors (Lipinski definition) is 3. The molecule has 2 aromatic rings. The third-order valence-electron chi connectivity index (χ3n) is 3.71. The number of imidazole rings is 1. The number of fused-ring (bicyclic) bond motifs is 1. The van der Waals surface area contributed by atoms with Gasteiger partial charge in [0.1, 0.15) is 24.1 Å². The molecule has 0 amide bonds. The van der Waals surface area contributed by atoms with E-state index in [4.69, 9.17) is 9.47 Å². The van der Waals surface area contributed by atoms with Gasteiger partial charge in [0.2, 0.25) is 5.88 Å². The van der Waals surface area contributed by atoms with Gasteiger partial charge in [0, 0.05) is 0 Å². The zero-order chi connectivity index (χ0) is 15.2. The van der Waals surface area contributed by atoms with E-state index in [1.54, 1.807) is 0 Å². The maximum atomic E-state index is 10.5.